The van der Waals surface area contributed by atoms with E-state index in [1.165, 1.54) is 7.11 Å². The highest BCUT2D eigenvalue weighted by Crippen LogP contribution is 2.36. The highest BCUT2D eigenvalue weighted by molar-refractivity contribution is 6.07. The average molecular weight is 248 g/mol. The number of carbonyl (C=O) groups excluding carboxylic acids is 2. The fourth-order valence-corrected chi connectivity index (χ4v) is 1.90. The highest BCUT2D eigenvalue weighted by atomic mass is 16.5. The van der Waals surface area contributed by atoms with Crippen LogP contribution in [0.4, 0.5) is 11.4 Å². The average Bonchev–Trinajstić information content (AvgIpc) is 2.35. The number of hydrogen-bond donors (Lipinski definition) is 1. The van der Waals surface area contributed by atoms with Crippen LogP contribution in [0.3, 0.4) is 0 Å². The van der Waals surface area contributed by atoms with Gasteiger partial charge in [0.1, 0.15) is 5.54 Å². The maximum atomic E-state index is 12.0. The fourth-order valence-electron chi connectivity index (χ4n) is 1.90. The molecule has 0 spiro atoms. The van der Waals surface area contributed by atoms with Gasteiger partial charge in [0.2, 0.25) is 5.91 Å². The molecular formula is C13H16N2O3. The van der Waals surface area contributed by atoms with Crippen molar-refractivity contribution in [2.45, 2.75) is 19.4 Å². The van der Waals surface area contributed by atoms with Gasteiger partial charge in [-0.25, -0.2) is 4.79 Å². The smallest absolute Gasteiger partial charge is 0.337 e. The highest BCUT2D eigenvalue weighted by Gasteiger charge is 2.38. The Bertz CT molecular complexity index is 523. The Morgan fingerprint density at radius 1 is 1.39 bits per heavy atom. The molecule has 5 nitrogen and oxygen atoms in total. The van der Waals surface area contributed by atoms with Crippen molar-refractivity contribution in [2.24, 2.45) is 0 Å². The van der Waals surface area contributed by atoms with E-state index < -0.39 is 11.5 Å². The molecule has 1 aliphatic rings. The van der Waals surface area contributed by atoms with Gasteiger partial charge in [-0.1, -0.05) is 0 Å². The SMILES string of the molecule is COC(=O)c1ccc2c(c1)NC(=O)C(C)(C)N2C. The Balaban J connectivity index is 2.48. The maximum Gasteiger partial charge on any atom is 0.337 e. The van der Waals surface area contributed by atoms with Crippen LogP contribution in [0.15, 0.2) is 18.2 Å². The van der Waals surface area contributed by atoms with E-state index in [4.69, 9.17) is 0 Å². The number of hydrogen-bond acceptors (Lipinski definition) is 4. The van der Waals surface area contributed by atoms with Crippen molar-refractivity contribution < 1.29 is 14.3 Å². The molecule has 2 rings (SSSR count). The van der Waals surface area contributed by atoms with Crippen LogP contribution in [-0.4, -0.2) is 31.6 Å². The lowest BCUT2D eigenvalue weighted by Gasteiger charge is -2.41. The lowest BCUT2D eigenvalue weighted by atomic mass is 9.96. The quantitative estimate of drug-likeness (QED) is 0.768. The number of anilines is 2. The van der Waals surface area contributed by atoms with E-state index in [0.29, 0.717) is 11.3 Å². The van der Waals surface area contributed by atoms with E-state index in [0.717, 1.165) is 5.69 Å². The van der Waals surface area contributed by atoms with Gasteiger partial charge in [0.05, 0.1) is 24.0 Å². The molecule has 0 aromatic heterocycles. The predicted octanol–water partition coefficient (Wildman–Crippen LogP) is 1.64. The van der Waals surface area contributed by atoms with Gasteiger partial charge < -0.3 is 15.0 Å². The van der Waals surface area contributed by atoms with Crippen LogP contribution >= 0.6 is 0 Å². The number of esters is 1. The molecular weight excluding hydrogens is 232 g/mol. The first-order chi connectivity index (χ1) is 8.37. The van der Waals surface area contributed by atoms with Gasteiger partial charge in [0.25, 0.3) is 0 Å². The third kappa shape index (κ3) is 1.72. The molecule has 5 heteroatoms. The Labute approximate surface area is 106 Å². The number of carbonyl (C=O) groups is 2. The lowest BCUT2D eigenvalue weighted by molar-refractivity contribution is -0.120. The summed E-state index contributed by atoms with van der Waals surface area (Å²) in [6, 6.07) is 5.13. The van der Waals surface area contributed by atoms with Crippen molar-refractivity contribution in [3.05, 3.63) is 23.8 Å². The molecule has 1 amide bonds. The summed E-state index contributed by atoms with van der Waals surface area (Å²) in [4.78, 5) is 25.3. The van der Waals surface area contributed by atoms with E-state index in [2.05, 4.69) is 10.1 Å². The van der Waals surface area contributed by atoms with Crippen LogP contribution < -0.4 is 10.2 Å². The molecule has 1 heterocycles. The topological polar surface area (TPSA) is 58.6 Å². The first-order valence-corrected chi connectivity index (χ1v) is 5.65. The summed E-state index contributed by atoms with van der Waals surface area (Å²) in [5.41, 5.74) is 1.32. The first kappa shape index (κ1) is 12.4. The van der Waals surface area contributed by atoms with E-state index in [1.54, 1.807) is 12.1 Å². The summed E-state index contributed by atoms with van der Waals surface area (Å²) in [7, 11) is 3.19. The van der Waals surface area contributed by atoms with Gasteiger partial charge in [-0.15, -0.1) is 0 Å². The summed E-state index contributed by atoms with van der Waals surface area (Å²) in [6.07, 6.45) is 0. The van der Waals surface area contributed by atoms with E-state index >= 15 is 0 Å². The molecule has 0 fully saturated rings. The van der Waals surface area contributed by atoms with Crippen LogP contribution in [0, 0.1) is 0 Å². The maximum absolute atomic E-state index is 12.0. The second-order valence-corrected chi connectivity index (χ2v) is 4.80. The molecule has 0 saturated heterocycles. The number of amides is 1. The standard InChI is InChI=1S/C13H16N2O3/c1-13(2)12(17)14-9-7-8(11(16)18-4)5-6-10(9)15(13)3/h5-7H,1-4H3,(H,14,17). The van der Waals surface area contributed by atoms with E-state index in [9.17, 15) is 9.59 Å². The third-order valence-electron chi connectivity index (χ3n) is 3.42. The lowest BCUT2D eigenvalue weighted by Crippen LogP contribution is -2.54. The molecule has 0 saturated carbocycles. The number of rotatable bonds is 1. The molecule has 18 heavy (non-hydrogen) atoms. The Hall–Kier alpha value is -2.04. The minimum absolute atomic E-state index is 0.0977. The molecule has 0 aliphatic carbocycles. The molecule has 0 unspecified atom stereocenters. The van der Waals surface area contributed by atoms with Crippen molar-refractivity contribution in [1.29, 1.82) is 0 Å². The van der Waals surface area contributed by atoms with Crippen LogP contribution in [0.1, 0.15) is 24.2 Å². The Kier molecular flexibility index (Phi) is 2.77. The molecule has 1 aromatic rings. The molecule has 1 aliphatic heterocycles. The van der Waals surface area contributed by atoms with Crippen LogP contribution in [0.25, 0.3) is 0 Å². The number of likely N-dealkylation sites (N-methyl/N-ethyl adjacent to an activating group) is 1. The summed E-state index contributed by atoms with van der Waals surface area (Å²) < 4.78 is 4.66. The van der Waals surface area contributed by atoms with Gasteiger partial charge in [0, 0.05) is 7.05 Å². The number of fused-ring (bicyclic) bond motifs is 1. The van der Waals surface area contributed by atoms with Gasteiger partial charge >= 0.3 is 5.97 Å². The molecule has 1 N–H and O–H groups in total. The van der Waals surface area contributed by atoms with Crippen molar-refractivity contribution >= 4 is 23.3 Å². The molecule has 96 valence electrons. The van der Waals surface area contributed by atoms with Crippen molar-refractivity contribution in [2.75, 3.05) is 24.4 Å². The summed E-state index contributed by atoms with van der Waals surface area (Å²) in [6.45, 7) is 3.69. The van der Waals surface area contributed by atoms with E-state index in [1.807, 2.05) is 31.9 Å². The monoisotopic (exact) mass is 248 g/mol. The van der Waals surface area contributed by atoms with Crippen molar-refractivity contribution in [3.63, 3.8) is 0 Å². The zero-order chi connectivity index (χ0) is 13.5. The second kappa shape index (κ2) is 4.01. The first-order valence-electron chi connectivity index (χ1n) is 5.65. The molecule has 1 aromatic carbocycles. The van der Waals surface area contributed by atoms with Crippen molar-refractivity contribution in [3.8, 4) is 0 Å². The molecule has 0 atom stereocenters. The second-order valence-electron chi connectivity index (χ2n) is 4.80. The number of benzene rings is 1. The van der Waals surface area contributed by atoms with Crippen molar-refractivity contribution in [1.82, 2.24) is 0 Å². The minimum atomic E-state index is -0.611. The van der Waals surface area contributed by atoms with Gasteiger partial charge in [0.15, 0.2) is 0 Å². The normalized spacial score (nSPS) is 16.9. The zero-order valence-electron chi connectivity index (χ0n) is 10.9. The summed E-state index contributed by atoms with van der Waals surface area (Å²) >= 11 is 0. The number of ether oxygens (including phenoxy) is 1. The van der Waals surface area contributed by atoms with Gasteiger partial charge in [-0.05, 0) is 32.0 Å². The zero-order valence-corrected chi connectivity index (χ0v) is 10.9. The van der Waals surface area contributed by atoms with Crippen LogP contribution in [0.2, 0.25) is 0 Å². The third-order valence-corrected chi connectivity index (χ3v) is 3.42. The molecule has 0 bridgehead atoms. The fraction of sp³-hybridized carbons (Fsp3) is 0.385. The summed E-state index contributed by atoms with van der Waals surface area (Å²) in [5, 5.41) is 2.81. The number of nitrogens with one attached hydrogen (secondary N) is 1. The van der Waals surface area contributed by atoms with Crippen LogP contribution in [-0.2, 0) is 9.53 Å². The minimum Gasteiger partial charge on any atom is -0.465 e. The number of nitrogens with zero attached hydrogens (tertiary/aromatic N) is 1. The largest absolute Gasteiger partial charge is 0.465 e. The summed E-state index contributed by atoms with van der Waals surface area (Å²) in [5.74, 6) is -0.515. The number of methoxy groups -OCH3 is 1. The van der Waals surface area contributed by atoms with Gasteiger partial charge in [-0.3, -0.25) is 4.79 Å². The van der Waals surface area contributed by atoms with E-state index in [-0.39, 0.29) is 5.91 Å². The Morgan fingerprint density at radius 2 is 2.06 bits per heavy atom. The predicted molar refractivity (Wildman–Crippen MR) is 68.9 cm³/mol. The van der Waals surface area contributed by atoms with Gasteiger partial charge in [-0.2, -0.15) is 0 Å². The van der Waals surface area contributed by atoms with Crippen LogP contribution in [0.5, 0.6) is 0 Å². The Morgan fingerprint density at radius 3 is 2.67 bits per heavy atom. The molecule has 0 radical (unpaired) electrons.